The third-order valence-electron chi connectivity index (χ3n) is 3.94. The van der Waals surface area contributed by atoms with Gasteiger partial charge in [0.25, 0.3) is 0 Å². The van der Waals surface area contributed by atoms with Crippen molar-refractivity contribution in [2.45, 2.75) is 45.8 Å². The molecular formula is C15H27N5. The van der Waals surface area contributed by atoms with Gasteiger partial charge in [0, 0.05) is 44.5 Å². The second-order valence-electron chi connectivity index (χ2n) is 5.89. The van der Waals surface area contributed by atoms with Crippen molar-refractivity contribution in [2.75, 3.05) is 31.6 Å². The van der Waals surface area contributed by atoms with E-state index in [4.69, 9.17) is 4.98 Å². The van der Waals surface area contributed by atoms with Gasteiger partial charge in [-0.1, -0.05) is 20.8 Å². The van der Waals surface area contributed by atoms with Gasteiger partial charge in [-0.3, -0.25) is 9.88 Å². The smallest absolute Gasteiger partial charge is 0.147 e. The van der Waals surface area contributed by atoms with E-state index in [1.807, 2.05) is 12.4 Å². The second kappa shape index (κ2) is 6.99. The number of nitrogens with one attached hydrogen (secondary N) is 1. The maximum atomic E-state index is 4.74. The molecule has 1 N–H and O–H groups in total. The summed E-state index contributed by atoms with van der Waals surface area (Å²) in [6.07, 6.45) is 4.91. The number of nitrogens with zero attached hydrogens (tertiary/aromatic N) is 4. The monoisotopic (exact) mass is 277 g/mol. The largest absolute Gasteiger partial charge is 0.352 e. The molecule has 1 unspecified atom stereocenters. The lowest BCUT2D eigenvalue weighted by Crippen LogP contribution is -2.51. The molecule has 1 atom stereocenters. The summed E-state index contributed by atoms with van der Waals surface area (Å²) in [7, 11) is 2.21. The number of hydrogen-bond donors (Lipinski definition) is 1. The molecule has 0 bridgehead atoms. The van der Waals surface area contributed by atoms with Crippen LogP contribution in [0.1, 0.15) is 32.9 Å². The summed E-state index contributed by atoms with van der Waals surface area (Å²) >= 11 is 0. The van der Waals surface area contributed by atoms with Crippen molar-refractivity contribution in [3.63, 3.8) is 0 Å². The molecule has 1 fully saturated rings. The fourth-order valence-corrected chi connectivity index (χ4v) is 2.54. The van der Waals surface area contributed by atoms with Gasteiger partial charge < -0.3 is 10.2 Å². The molecule has 0 aliphatic carbocycles. The van der Waals surface area contributed by atoms with Gasteiger partial charge >= 0.3 is 0 Å². The van der Waals surface area contributed by atoms with Crippen LogP contribution in [0.3, 0.4) is 0 Å². The second-order valence-corrected chi connectivity index (χ2v) is 5.89. The Hall–Kier alpha value is -1.20. The normalized spacial score (nSPS) is 20.6. The summed E-state index contributed by atoms with van der Waals surface area (Å²) in [4.78, 5) is 13.9. The molecule has 1 saturated heterocycles. The first-order valence-electron chi connectivity index (χ1n) is 7.59. The minimum Gasteiger partial charge on any atom is -0.352 e. The van der Waals surface area contributed by atoms with Crippen molar-refractivity contribution >= 4 is 5.82 Å². The van der Waals surface area contributed by atoms with Crippen LogP contribution < -0.4 is 10.2 Å². The molecule has 0 spiro atoms. The SMILES string of the molecule is CCC1CN(c2cncc(CNC(C)C)n2)CCN1C. The zero-order valence-corrected chi connectivity index (χ0v) is 13.1. The Balaban J connectivity index is 2.03. The first-order chi connectivity index (χ1) is 9.60. The van der Waals surface area contributed by atoms with Gasteiger partial charge in [-0.05, 0) is 13.5 Å². The molecule has 1 aliphatic rings. The first kappa shape index (κ1) is 15.2. The Labute approximate surface area is 122 Å². The van der Waals surface area contributed by atoms with E-state index in [-0.39, 0.29) is 0 Å². The molecule has 5 nitrogen and oxygen atoms in total. The molecule has 0 amide bonds. The van der Waals surface area contributed by atoms with Crippen LogP contribution >= 0.6 is 0 Å². The van der Waals surface area contributed by atoms with Gasteiger partial charge in [-0.25, -0.2) is 4.98 Å². The van der Waals surface area contributed by atoms with E-state index in [1.54, 1.807) is 0 Å². The maximum Gasteiger partial charge on any atom is 0.147 e. The molecule has 1 aromatic heterocycles. The van der Waals surface area contributed by atoms with E-state index in [1.165, 1.54) is 6.42 Å². The highest BCUT2D eigenvalue weighted by molar-refractivity contribution is 5.37. The third-order valence-corrected chi connectivity index (χ3v) is 3.94. The van der Waals surface area contributed by atoms with Crippen molar-refractivity contribution in [1.82, 2.24) is 20.2 Å². The van der Waals surface area contributed by atoms with Crippen molar-refractivity contribution in [2.24, 2.45) is 0 Å². The van der Waals surface area contributed by atoms with Gasteiger partial charge in [-0.15, -0.1) is 0 Å². The lowest BCUT2D eigenvalue weighted by molar-refractivity contribution is 0.213. The average molecular weight is 277 g/mol. The molecule has 0 saturated carbocycles. The van der Waals surface area contributed by atoms with Crippen LogP contribution in [0.15, 0.2) is 12.4 Å². The minimum absolute atomic E-state index is 0.466. The van der Waals surface area contributed by atoms with Crippen LogP contribution in [0, 0.1) is 0 Å². The van der Waals surface area contributed by atoms with Crippen molar-refractivity contribution in [3.8, 4) is 0 Å². The third kappa shape index (κ3) is 3.90. The lowest BCUT2D eigenvalue weighted by atomic mass is 10.1. The Morgan fingerprint density at radius 3 is 2.85 bits per heavy atom. The predicted molar refractivity (Wildman–Crippen MR) is 82.9 cm³/mol. The molecule has 0 aromatic carbocycles. The number of aromatic nitrogens is 2. The van der Waals surface area contributed by atoms with E-state index < -0.39 is 0 Å². The van der Waals surface area contributed by atoms with E-state index >= 15 is 0 Å². The number of piperazine rings is 1. The van der Waals surface area contributed by atoms with Gasteiger partial charge in [0.2, 0.25) is 0 Å². The van der Waals surface area contributed by atoms with Gasteiger partial charge in [0.05, 0.1) is 11.9 Å². The van der Waals surface area contributed by atoms with Crippen LogP contribution in [0.4, 0.5) is 5.82 Å². The molecular weight excluding hydrogens is 250 g/mol. The maximum absolute atomic E-state index is 4.74. The van der Waals surface area contributed by atoms with Crippen molar-refractivity contribution in [3.05, 3.63) is 18.1 Å². The zero-order valence-electron chi connectivity index (χ0n) is 13.1. The Morgan fingerprint density at radius 1 is 1.35 bits per heavy atom. The van der Waals surface area contributed by atoms with Crippen molar-refractivity contribution < 1.29 is 0 Å². The summed E-state index contributed by atoms with van der Waals surface area (Å²) in [6.45, 7) is 10.5. The summed E-state index contributed by atoms with van der Waals surface area (Å²) in [5, 5.41) is 3.39. The molecule has 2 heterocycles. The van der Waals surface area contributed by atoms with Crippen LogP contribution in [0.5, 0.6) is 0 Å². The van der Waals surface area contributed by atoms with Crippen molar-refractivity contribution in [1.29, 1.82) is 0 Å². The Kier molecular flexibility index (Phi) is 5.31. The number of hydrogen-bond acceptors (Lipinski definition) is 5. The fourth-order valence-electron chi connectivity index (χ4n) is 2.54. The molecule has 0 radical (unpaired) electrons. The van der Waals surface area contributed by atoms with E-state index in [9.17, 15) is 0 Å². The standard InChI is InChI=1S/C15H27N5/c1-5-14-11-20(7-6-19(14)4)15-10-16-8-13(18-15)9-17-12(2)3/h8,10,12,14,17H,5-7,9,11H2,1-4H3. The quantitative estimate of drug-likeness (QED) is 0.884. The molecule has 112 valence electrons. The lowest BCUT2D eigenvalue weighted by Gasteiger charge is -2.39. The average Bonchev–Trinajstić information content (AvgIpc) is 2.46. The summed E-state index contributed by atoms with van der Waals surface area (Å²) in [5.74, 6) is 1.01. The number of likely N-dealkylation sites (N-methyl/N-ethyl adjacent to an activating group) is 1. The topological polar surface area (TPSA) is 44.3 Å². The predicted octanol–water partition coefficient (Wildman–Crippen LogP) is 1.50. The highest BCUT2D eigenvalue weighted by Gasteiger charge is 2.23. The van der Waals surface area contributed by atoms with Gasteiger partial charge in [-0.2, -0.15) is 0 Å². The minimum atomic E-state index is 0.466. The van der Waals surface area contributed by atoms with E-state index in [2.05, 4.69) is 47.9 Å². The van der Waals surface area contributed by atoms with Gasteiger partial charge in [0.1, 0.15) is 5.82 Å². The molecule has 20 heavy (non-hydrogen) atoms. The van der Waals surface area contributed by atoms with E-state index in [0.29, 0.717) is 12.1 Å². The van der Waals surface area contributed by atoms with Crippen LogP contribution in [-0.2, 0) is 6.54 Å². The summed E-state index contributed by atoms with van der Waals surface area (Å²) < 4.78 is 0. The number of rotatable bonds is 5. The Bertz CT molecular complexity index is 420. The fraction of sp³-hybridized carbons (Fsp3) is 0.733. The zero-order chi connectivity index (χ0) is 14.5. The molecule has 1 aromatic rings. The van der Waals surface area contributed by atoms with Crippen LogP contribution in [-0.4, -0.2) is 53.6 Å². The van der Waals surface area contributed by atoms with E-state index in [0.717, 1.165) is 37.7 Å². The first-order valence-corrected chi connectivity index (χ1v) is 7.59. The summed E-state index contributed by atoms with van der Waals surface area (Å²) in [5.41, 5.74) is 1.02. The molecule has 1 aliphatic heterocycles. The molecule has 5 heteroatoms. The summed E-state index contributed by atoms with van der Waals surface area (Å²) in [6, 6.07) is 1.08. The highest BCUT2D eigenvalue weighted by Crippen LogP contribution is 2.17. The van der Waals surface area contributed by atoms with Crippen LogP contribution in [0.25, 0.3) is 0 Å². The van der Waals surface area contributed by atoms with Gasteiger partial charge in [0.15, 0.2) is 0 Å². The highest BCUT2D eigenvalue weighted by atomic mass is 15.3. The molecule has 2 rings (SSSR count). The Morgan fingerprint density at radius 2 is 2.15 bits per heavy atom. The number of anilines is 1. The van der Waals surface area contributed by atoms with Crippen LogP contribution in [0.2, 0.25) is 0 Å².